The van der Waals surface area contributed by atoms with E-state index in [9.17, 15) is 22.8 Å². The third kappa shape index (κ3) is 5.38. The molecule has 3 aliphatic rings. The van der Waals surface area contributed by atoms with E-state index in [4.69, 9.17) is 9.47 Å². The summed E-state index contributed by atoms with van der Waals surface area (Å²) >= 11 is 0. The molecule has 0 amide bonds. The average Bonchev–Trinajstić information content (AvgIpc) is 3.17. The zero-order valence-corrected chi connectivity index (χ0v) is 17.8. The number of rotatable bonds is 5. The van der Waals surface area contributed by atoms with Crippen molar-refractivity contribution in [2.45, 2.75) is 102 Å². The summed E-state index contributed by atoms with van der Waals surface area (Å²) in [6, 6.07) is 0. The highest BCUT2D eigenvalue weighted by Crippen LogP contribution is 2.46. The lowest BCUT2D eigenvalue weighted by Crippen LogP contribution is -2.43. The molecule has 7 heteroatoms. The summed E-state index contributed by atoms with van der Waals surface area (Å²) in [5, 5.41) is 0. The Hall–Kier alpha value is -1.53. The Morgan fingerprint density at radius 3 is 2.00 bits per heavy atom. The molecule has 0 N–H and O–H groups in total. The summed E-state index contributed by atoms with van der Waals surface area (Å²) in [5.41, 5.74) is -0.0230. The van der Waals surface area contributed by atoms with Crippen LogP contribution in [0.4, 0.5) is 13.2 Å². The van der Waals surface area contributed by atoms with Gasteiger partial charge in [-0.2, -0.15) is 13.2 Å². The Labute approximate surface area is 176 Å². The maximum atomic E-state index is 12.8. The SMILES string of the molecule is C=C(C)C(=O)OC1(C2CCC(OC(=O)C3CCC(C(F)(F)F)CC3)CC2)CCCC1. The van der Waals surface area contributed by atoms with Crippen molar-refractivity contribution in [2.24, 2.45) is 17.8 Å². The lowest BCUT2D eigenvalue weighted by atomic mass is 9.74. The first kappa shape index (κ1) is 23.1. The van der Waals surface area contributed by atoms with Gasteiger partial charge in [0.05, 0.1) is 11.8 Å². The van der Waals surface area contributed by atoms with Crippen LogP contribution in [0.25, 0.3) is 0 Å². The second-order valence-corrected chi connectivity index (χ2v) is 9.44. The van der Waals surface area contributed by atoms with Crippen LogP contribution in [0.3, 0.4) is 0 Å². The molecule has 0 aromatic rings. The van der Waals surface area contributed by atoms with E-state index in [1.165, 1.54) is 0 Å². The number of carbonyl (C=O) groups excluding carboxylic acids is 2. The van der Waals surface area contributed by atoms with Gasteiger partial charge >= 0.3 is 18.1 Å². The highest BCUT2D eigenvalue weighted by molar-refractivity contribution is 5.87. The van der Waals surface area contributed by atoms with Crippen LogP contribution in [0.5, 0.6) is 0 Å². The standard InChI is InChI=1S/C23H33F3O4/c1-15(2)20(27)30-22(13-3-4-14-22)17-9-11-19(12-10-17)29-21(28)16-5-7-18(8-6-16)23(24,25)26/h16-19H,1,3-14H2,2H3. The smallest absolute Gasteiger partial charge is 0.391 e. The average molecular weight is 431 g/mol. The molecule has 0 unspecified atom stereocenters. The highest BCUT2D eigenvalue weighted by Gasteiger charge is 2.47. The highest BCUT2D eigenvalue weighted by atomic mass is 19.4. The largest absolute Gasteiger partial charge is 0.462 e. The fraction of sp³-hybridized carbons (Fsp3) is 0.826. The van der Waals surface area contributed by atoms with Gasteiger partial charge in [-0.05, 0) is 89.9 Å². The fourth-order valence-electron chi connectivity index (χ4n) is 5.46. The minimum absolute atomic E-state index is 0.00656. The lowest BCUT2D eigenvalue weighted by Gasteiger charge is -2.41. The first-order valence-electron chi connectivity index (χ1n) is 11.3. The number of hydrogen-bond acceptors (Lipinski definition) is 4. The van der Waals surface area contributed by atoms with E-state index in [1.54, 1.807) is 6.92 Å². The molecule has 0 aromatic carbocycles. The summed E-state index contributed by atoms with van der Waals surface area (Å²) in [4.78, 5) is 24.6. The lowest BCUT2D eigenvalue weighted by molar-refractivity contribution is -0.188. The van der Waals surface area contributed by atoms with Gasteiger partial charge in [-0.25, -0.2) is 4.79 Å². The maximum Gasteiger partial charge on any atom is 0.391 e. The van der Waals surface area contributed by atoms with Crippen molar-refractivity contribution in [3.63, 3.8) is 0 Å². The number of alkyl halides is 3. The summed E-state index contributed by atoms with van der Waals surface area (Å²) in [7, 11) is 0. The molecule has 170 valence electrons. The van der Waals surface area contributed by atoms with Crippen LogP contribution in [0, 0.1) is 17.8 Å². The predicted octanol–water partition coefficient (Wildman–Crippen LogP) is 5.89. The topological polar surface area (TPSA) is 52.6 Å². The number of halogens is 3. The molecule has 0 bridgehead atoms. The zero-order chi connectivity index (χ0) is 21.9. The second-order valence-electron chi connectivity index (χ2n) is 9.44. The monoisotopic (exact) mass is 430 g/mol. The van der Waals surface area contributed by atoms with Crippen LogP contribution >= 0.6 is 0 Å². The van der Waals surface area contributed by atoms with Crippen molar-refractivity contribution in [3.05, 3.63) is 12.2 Å². The predicted molar refractivity (Wildman–Crippen MR) is 105 cm³/mol. The Morgan fingerprint density at radius 2 is 1.50 bits per heavy atom. The molecule has 3 rings (SSSR count). The van der Waals surface area contributed by atoms with Gasteiger partial charge in [0, 0.05) is 5.57 Å². The number of carbonyl (C=O) groups is 2. The van der Waals surface area contributed by atoms with E-state index >= 15 is 0 Å². The van der Waals surface area contributed by atoms with Crippen molar-refractivity contribution < 1.29 is 32.2 Å². The van der Waals surface area contributed by atoms with Crippen LogP contribution in [0.15, 0.2) is 12.2 Å². The molecule has 0 saturated heterocycles. The van der Waals surface area contributed by atoms with Crippen LogP contribution in [0.2, 0.25) is 0 Å². The van der Waals surface area contributed by atoms with Gasteiger partial charge < -0.3 is 9.47 Å². The Bertz CT molecular complexity index is 635. The minimum atomic E-state index is -4.17. The maximum absolute atomic E-state index is 12.8. The first-order chi connectivity index (χ1) is 14.1. The van der Waals surface area contributed by atoms with Gasteiger partial charge in [0.15, 0.2) is 0 Å². The molecule has 3 saturated carbocycles. The summed E-state index contributed by atoms with van der Waals surface area (Å²) in [5.74, 6) is -2.13. The number of ether oxygens (including phenoxy) is 2. The van der Waals surface area contributed by atoms with E-state index in [2.05, 4.69) is 6.58 Å². The molecule has 0 spiro atoms. The van der Waals surface area contributed by atoms with Crippen LogP contribution in [-0.4, -0.2) is 29.8 Å². The third-order valence-corrected chi connectivity index (χ3v) is 7.32. The summed E-state index contributed by atoms with van der Waals surface area (Å²) < 4.78 is 50.0. The molecule has 0 radical (unpaired) electrons. The van der Waals surface area contributed by atoms with E-state index in [1.807, 2.05) is 0 Å². The van der Waals surface area contributed by atoms with Gasteiger partial charge in [0.25, 0.3) is 0 Å². The molecule has 3 aliphatic carbocycles. The van der Waals surface area contributed by atoms with Crippen molar-refractivity contribution in [3.8, 4) is 0 Å². The van der Waals surface area contributed by atoms with Crippen molar-refractivity contribution >= 4 is 11.9 Å². The van der Waals surface area contributed by atoms with Gasteiger partial charge in [-0.15, -0.1) is 0 Å². The molecular weight excluding hydrogens is 397 g/mol. The third-order valence-electron chi connectivity index (χ3n) is 7.32. The molecule has 0 aromatic heterocycles. The summed E-state index contributed by atoms with van der Waals surface area (Å²) in [6.07, 6.45) is 3.02. The zero-order valence-electron chi connectivity index (χ0n) is 17.8. The van der Waals surface area contributed by atoms with E-state index in [0.717, 1.165) is 38.5 Å². The number of esters is 2. The van der Waals surface area contributed by atoms with Gasteiger partial charge in [-0.1, -0.05) is 6.58 Å². The van der Waals surface area contributed by atoms with Gasteiger partial charge in [-0.3, -0.25) is 4.79 Å². The van der Waals surface area contributed by atoms with E-state index in [-0.39, 0.29) is 49.6 Å². The van der Waals surface area contributed by atoms with Crippen molar-refractivity contribution in [1.29, 1.82) is 0 Å². The minimum Gasteiger partial charge on any atom is -0.462 e. The molecule has 4 nitrogen and oxygen atoms in total. The number of hydrogen-bond donors (Lipinski definition) is 0. The Kier molecular flexibility index (Phi) is 7.18. The molecule has 30 heavy (non-hydrogen) atoms. The van der Waals surface area contributed by atoms with Crippen LogP contribution < -0.4 is 0 Å². The second kappa shape index (κ2) is 9.31. The molecule has 3 fully saturated rings. The Morgan fingerprint density at radius 1 is 0.933 bits per heavy atom. The van der Waals surface area contributed by atoms with Crippen molar-refractivity contribution in [2.75, 3.05) is 0 Å². The molecule has 0 atom stereocenters. The first-order valence-corrected chi connectivity index (χ1v) is 11.3. The Balaban J connectivity index is 1.48. The van der Waals surface area contributed by atoms with Crippen LogP contribution in [0.1, 0.15) is 84.0 Å². The summed E-state index contributed by atoms with van der Waals surface area (Å²) in [6.45, 7) is 5.34. The normalized spacial score (nSPS) is 31.7. The van der Waals surface area contributed by atoms with Crippen molar-refractivity contribution in [1.82, 2.24) is 0 Å². The van der Waals surface area contributed by atoms with E-state index < -0.39 is 23.6 Å². The quantitative estimate of drug-likeness (QED) is 0.403. The van der Waals surface area contributed by atoms with E-state index in [0.29, 0.717) is 18.4 Å². The molecule has 0 aliphatic heterocycles. The molecule has 0 heterocycles. The van der Waals surface area contributed by atoms with Gasteiger partial charge in [0.2, 0.25) is 0 Å². The fourth-order valence-corrected chi connectivity index (χ4v) is 5.46. The molecular formula is C23H33F3O4. The van der Waals surface area contributed by atoms with Crippen LogP contribution in [-0.2, 0) is 19.1 Å². The van der Waals surface area contributed by atoms with Gasteiger partial charge in [0.1, 0.15) is 11.7 Å².